The Morgan fingerprint density at radius 1 is 1.19 bits per heavy atom. The molecule has 11 heteroatoms. The minimum Gasteiger partial charge on any atom is -0.341 e. The number of hydrogen-bond donors (Lipinski definition) is 0. The van der Waals surface area contributed by atoms with Crippen molar-refractivity contribution in [2.45, 2.75) is 37.1 Å². The average Bonchev–Trinajstić information content (AvgIpc) is 3.50. The van der Waals surface area contributed by atoms with Crippen molar-refractivity contribution < 1.29 is 0 Å². The van der Waals surface area contributed by atoms with Gasteiger partial charge in [-0.05, 0) is 37.5 Å². The molecule has 1 fully saturated rings. The summed E-state index contributed by atoms with van der Waals surface area (Å²) in [6.07, 6.45) is 3.07. The number of benzene rings is 1. The van der Waals surface area contributed by atoms with E-state index in [0.717, 1.165) is 54.2 Å². The number of thioether (sulfide) groups is 1. The van der Waals surface area contributed by atoms with E-state index in [0.29, 0.717) is 21.4 Å². The Balaban J connectivity index is 1.48. The van der Waals surface area contributed by atoms with Crippen LogP contribution in [0.3, 0.4) is 0 Å². The second-order valence-electron chi connectivity index (χ2n) is 7.21. The highest BCUT2D eigenvalue weighted by molar-refractivity contribution is 7.98. The summed E-state index contributed by atoms with van der Waals surface area (Å²) in [5, 5.41) is 15.5. The lowest BCUT2D eigenvalue weighted by atomic mass is 10.3. The van der Waals surface area contributed by atoms with Crippen molar-refractivity contribution in [3.8, 4) is 5.69 Å². The molecule has 4 aromatic rings. The monoisotopic (exact) mass is 473 g/mol. The molecule has 1 aliphatic heterocycles. The van der Waals surface area contributed by atoms with Gasteiger partial charge in [-0.1, -0.05) is 47.7 Å². The maximum atomic E-state index is 12.4. The first-order chi connectivity index (χ1) is 15.1. The molecule has 1 aliphatic rings. The van der Waals surface area contributed by atoms with Crippen LogP contribution in [0.4, 0.5) is 5.95 Å². The van der Waals surface area contributed by atoms with E-state index in [4.69, 9.17) is 11.6 Å². The number of fused-ring (bicyclic) bond motifs is 1. The third-order valence-electron chi connectivity index (χ3n) is 5.06. The van der Waals surface area contributed by atoms with E-state index in [2.05, 4.69) is 25.2 Å². The smallest absolute Gasteiger partial charge is 0.275 e. The van der Waals surface area contributed by atoms with Crippen LogP contribution in [-0.2, 0) is 12.2 Å². The van der Waals surface area contributed by atoms with Gasteiger partial charge in [0.2, 0.25) is 10.9 Å². The summed E-state index contributed by atoms with van der Waals surface area (Å²) < 4.78 is 3.41. The Bertz CT molecular complexity index is 1290. The van der Waals surface area contributed by atoms with Crippen molar-refractivity contribution in [3.63, 3.8) is 0 Å². The zero-order chi connectivity index (χ0) is 21.4. The minimum absolute atomic E-state index is 0.161. The third-order valence-corrected chi connectivity index (χ3v) is 7.31. The largest absolute Gasteiger partial charge is 0.341 e. The topological polar surface area (TPSA) is 81.2 Å². The lowest BCUT2D eigenvalue weighted by Crippen LogP contribution is -2.22. The molecule has 0 amide bonds. The lowest BCUT2D eigenvalue weighted by Gasteiger charge is -2.18. The normalized spacial score (nSPS) is 14.1. The van der Waals surface area contributed by atoms with Gasteiger partial charge in [-0.2, -0.15) is 9.61 Å². The molecule has 4 heterocycles. The van der Waals surface area contributed by atoms with E-state index in [1.165, 1.54) is 27.6 Å². The van der Waals surface area contributed by atoms with Crippen molar-refractivity contribution >= 4 is 45.6 Å². The summed E-state index contributed by atoms with van der Waals surface area (Å²) in [6, 6.07) is 9.23. The Labute approximate surface area is 191 Å². The van der Waals surface area contributed by atoms with Gasteiger partial charge < -0.3 is 4.90 Å². The number of anilines is 1. The number of halogens is 1. The van der Waals surface area contributed by atoms with E-state index < -0.39 is 0 Å². The predicted octanol–water partition coefficient (Wildman–Crippen LogP) is 3.84. The van der Waals surface area contributed by atoms with E-state index in [1.807, 2.05) is 35.8 Å². The first-order valence-corrected chi connectivity index (χ1v) is 12.3. The highest BCUT2D eigenvalue weighted by atomic mass is 35.5. The van der Waals surface area contributed by atoms with Crippen molar-refractivity contribution in [1.82, 2.24) is 29.4 Å². The van der Waals surface area contributed by atoms with Gasteiger partial charge in [-0.15, -0.1) is 10.2 Å². The van der Waals surface area contributed by atoms with Gasteiger partial charge in [-0.25, -0.2) is 4.98 Å². The Hall–Kier alpha value is -2.43. The molecule has 1 aromatic carbocycles. The first-order valence-electron chi connectivity index (χ1n) is 10.1. The second kappa shape index (κ2) is 8.60. The van der Waals surface area contributed by atoms with E-state index in [9.17, 15) is 4.79 Å². The highest BCUT2D eigenvalue weighted by Gasteiger charge is 2.23. The van der Waals surface area contributed by atoms with Gasteiger partial charge in [-0.3, -0.25) is 9.36 Å². The quantitative estimate of drug-likeness (QED) is 0.393. The molecule has 5 rings (SSSR count). The number of aromatic nitrogens is 6. The standard InChI is InChI=1S/C20H20ClN7OS2/c1-2-16-25-28-17(29)11-14(22-19(28)31-16)12-30-20-24-23-18(26-8-3-4-9-26)27(20)15-7-5-6-13(21)10-15/h5-7,10-11H,2-4,8-9,12H2,1H3. The zero-order valence-electron chi connectivity index (χ0n) is 16.9. The third kappa shape index (κ3) is 4.07. The van der Waals surface area contributed by atoms with Gasteiger partial charge >= 0.3 is 0 Å². The van der Waals surface area contributed by atoms with Crippen LogP contribution >= 0.6 is 34.7 Å². The maximum absolute atomic E-state index is 12.4. The van der Waals surface area contributed by atoms with Crippen molar-refractivity contribution in [1.29, 1.82) is 0 Å². The SMILES string of the molecule is CCc1nn2c(=O)cc(CSc3nnc(N4CCCC4)n3-c3cccc(Cl)c3)nc2s1. The fourth-order valence-corrected chi connectivity index (χ4v) is 5.45. The van der Waals surface area contributed by atoms with Crippen molar-refractivity contribution in [3.05, 3.63) is 56.4 Å². The molecule has 0 atom stereocenters. The van der Waals surface area contributed by atoms with Gasteiger partial charge in [0.25, 0.3) is 5.56 Å². The number of nitrogens with zero attached hydrogens (tertiary/aromatic N) is 7. The molecule has 0 saturated carbocycles. The fraction of sp³-hybridized carbons (Fsp3) is 0.350. The summed E-state index contributed by atoms with van der Waals surface area (Å²) >= 11 is 9.21. The Morgan fingerprint density at radius 3 is 2.81 bits per heavy atom. The number of hydrogen-bond acceptors (Lipinski definition) is 8. The van der Waals surface area contributed by atoms with Crippen molar-refractivity contribution in [2.75, 3.05) is 18.0 Å². The van der Waals surface area contributed by atoms with E-state index in [-0.39, 0.29) is 5.56 Å². The molecule has 0 bridgehead atoms. The molecule has 3 aromatic heterocycles. The molecule has 0 unspecified atom stereocenters. The van der Waals surface area contributed by atoms with Crippen LogP contribution in [0.5, 0.6) is 0 Å². The van der Waals surface area contributed by atoms with Gasteiger partial charge in [0.15, 0.2) is 5.16 Å². The first kappa shape index (κ1) is 20.5. The molecule has 1 saturated heterocycles. The summed E-state index contributed by atoms with van der Waals surface area (Å²) in [4.78, 5) is 19.9. The Kier molecular flexibility index (Phi) is 5.68. The van der Waals surface area contributed by atoms with Crippen LogP contribution in [0, 0.1) is 0 Å². The Morgan fingerprint density at radius 2 is 2.03 bits per heavy atom. The molecule has 31 heavy (non-hydrogen) atoms. The molecule has 0 spiro atoms. The summed E-state index contributed by atoms with van der Waals surface area (Å²) in [6.45, 7) is 3.94. The van der Waals surface area contributed by atoms with Gasteiger partial charge in [0.05, 0.1) is 11.4 Å². The molecule has 0 aliphatic carbocycles. The molecule has 0 radical (unpaired) electrons. The molecule has 160 valence electrons. The van der Waals surface area contributed by atoms with Crippen LogP contribution in [-0.4, -0.2) is 42.5 Å². The summed E-state index contributed by atoms with van der Waals surface area (Å²) in [5.41, 5.74) is 1.45. The predicted molar refractivity (Wildman–Crippen MR) is 124 cm³/mol. The molecular formula is C20H20ClN7OS2. The van der Waals surface area contributed by atoms with Gasteiger partial charge in [0, 0.05) is 29.9 Å². The van der Waals surface area contributed by atoms with Crippen LogP contribution < -0.4 is 10.5 Å². The minimum atomic E-state index is -0.161. The fourth-order valence-electron chi connectivity index (χ4n) is 3.57. The highest BCUT2D eigenvalue weighted by Crippen LogP contribution is 2.31. The second-order valence-corrected chi connectivity index (χ2v) is 9.63. The molecule has 8 nitrogen and oxygen atoms in total. The number of rotatable bonds is 6. The summed E-state index contributed by atoms with van der Waals surface area (Å²) in [5.74, 6) is 1.32. The molecular weight excluding hydrogens is 454 g/mol. The number of aryl methyl sites for hydroxylation is 1. The van der Waals surface area contributed by atoms with E-state index >= 15 is 0 Å². The summed E-state index contributed by atoms with van der Waals surface area (Å²) in [7, 11) is 0. The van der Waals surface area contributed by atoms with Crippen LogP contribution in [0.2, 0.25) is 5.02 Å². The van der Waals surface area contributed by atoms with Gasteiger partial charge in [0.1, 0.15) is 5.01 Å². The van der Waals surface area contributed by atoms with E-state index in [1.54, 1.807) is 6.07 Å². The lowest BCUT2D eigenvalue weighted by molar-refractivity contribution is 0.839. The maximum Gasteiger partial charge on any atom is 0.275 e. The average molecular weight is 474 g/mol. The van der Waals surface area contributed by atoms with Crippen LogP contribution in [0.15, 0.2) is 40.3 Å². The van der Waals surface area contributed by atoms with Crippen LogP contribution in [0.1, 0.15) is 30.5 Å². The van der Waals surface area contributed by atoms with Crippen molar-refractivity contribution in [2.24, 2.45) is 0 Å². The van der Waals surface area contributed by atoms with Crippen LogP contribution in [0.25, 0.3) is 10.6 Å². The zero-order valence-corrected chi connectivity index (χ0v) is 19.3. The molecule has 0 N–H and O–H groups in total.